The average Bonchev–Trinajstić information content (AvgIpc) is 3.00. The molecule has 0 fully saturated rings. The van der Waals surface area contributed by atoms with Crippen molar-refractivity contribution in [1.82, 2.24) is 0 Å². The smallest absolute Gasteiger partial charge is 0.303 e. The van der Waals surface area contributed by atoms with Crippen LogP contribution in [0.25, 0.3) is 10.4 Å². The van der Waals surface area contributed by atoms with Gasteiger partial charge in [0.25, 0.3) is 8.32 Å². The summed E-state index contributed by atoms with van der Waals surface area (Å²) >= 11 is 0. The first-order valence-electron chi connectivity index (χ1n) is 16.8. The van der Waals surface area contributed by atoms with E-state index in [1.165, 1.54) is 64.7 Å². The summed E-state index contributed by atoms with van der Waals surface area (Å²) in [6.45, 7) is 10.1. The second-order valence-corrected chi connectivity index (χ2v) is 17.4. The van der Waals surface area contributed by atoms with Crippen molar-refractivity contribution in [1.29, 1.82) is 0 Å². The molecule has 0 saturated heterocycles. The summed E-state index contributed by atoms with van der Waals surface area (Å²) < 4.78 is 12.6. The first kappa shape index (κ1) is 37.5. The van der Waals surface area contributed by atoms with Gasteiger partial charge in [0.1, 0.15) is 6.10 Å². The van der Waals surface area contributed by atoms with E-state index in [1.807, 2.05) is 36.4 Å². The number of aliphatic hydroxyl groups is 1. The Bertz CT molecular complexity index is 1060. The Kier molecular flexibility index (Phi) is 17.4. The van der Waals surface area contributed by atoms with Gasteiger partial charge in [0.2, 0.25) is 0 Å². The van der Waals surface area contributed by atoms with E-state index in [0.29, 0.717) is 6.42 Å². The van der Waals surface area contributed by atoms with E-state index in [-0.39, 0.29) is 11.6 Å². The summed E-state index contributed by atoms with van der Waals surface area (Å²) in [5.41, 5.74) is 9.51. The Morgan fingerprint density at radius 2 is 1.30 bits per heavy atom. The van der Waals surface area contributed by atoms with Gasteiger partial charge in [-0.15, -0.1) is 0 Å². The number of hydrogen-bond acceptors (Lipinski definition) is 5. The third-order valence-electron chi connectivity index (χ3n) is 8.50. The highest BCUT2D eigenvalue weighted by atomic mass is 28.4. The van der Waals surface area contributed by atoms with Gasteiger partial charge in [-0.05, 0) is 27.4 Å². The second kappa shape index (κ2) is 20.4. The van der Waals surface area contributed by atoms with Crippen molar-refractivity contribution in [3.05, 3.63) is 71.1 Å². The van der Waals surface area contributed by atoms with Crippen molar-refractivity contribution in [2.75, 3.05) is 6.61 Å². The summed E-state index contributed by atoms with van der Waals surface area (Å²) in [5, 5.41) is 17.2. The van der Waals surface area contributed by atoms with Crippen molar-refractivity contribution in [3.8, 4) is 0 Å². The molecule has 0 bridgehead atoms. The lowest BCUT2D eigenvalue weighted by molar-refractivity contribution is -0.155. The molecule has 0 aromatic heterocycles. The van der Waals surface area contributed by atoms with Crippen LogP contribution in [0.5, 0.6) is 0 Å². The number of unbranched alkanes of at least 4 members (excludes halogenated alkanes) is 11. The Morgan fingerprint density at radius 1 is 0.841 bits per heavy atom. The van der Waals surface area contributed by atoms with E-state index in [2.05, 4.69) is 62.0 Å². The zero-order chi connectivity index (χ0) is 32.3. The first-order valence-corrected chi connectivity index (χ1v) is 18.7. The van der Waals surface area contributed by atoms with Gasteiger partial charge in [-0.3, -0.25) is 4.79 Å². The molecule has 0 aliphatic carbocycles. The van der Waals surface area contributed by atoms with Crippen LogP contribution in [0, 0.1) is 0 Å². The fourth-order valence-corrected chi connectivity index (χ4v) is 10.8. The molecule has 0 radical (unpaired) electrons. The van der Waals surface area contributed by atoms with E-state index in [4.69, 9.17) is 9.16 Å². The molecule has 0 aliphatic heterocycles. The zero-order valence-corrected chi connectivity index (χ0v) is 28.9. The van der Waals surface area contributed by atoms with E-state index in [0.717, 1.165) is 29.6 Å². The molecule has 0 amide bonds. The monoisotopic (exact) mass is 623 g/mol. The molecule has 7 nitrogen and oxygen atoms in total. The number of esters is 1. The SMILES string of the molecule is CCCCCCCCCCCCCC[C@H](O)[C@@H](OC(C)=O)[C@H](CO[Si](c1ccccc1)(c1ccccc1)C(C)(C)C)N=[N+]=[N-]. The summed E-state index contributed by atoms with van der Waals surface area (Å²) in [5.74, 6) is -0.521. The van der Waals surface area contributed by atoms with Gasteiger partial charge >= 0.3 is 5.97 Å². The molecule has 2 aromatic carbocycles. The van der Waals surface area contributed by atoms with E-state index < -0.39 is 32.5 Å². The van der Waals surface area contributed by atoms with Crippen LogP contribution in [-0.2, 0) is 14.0 Å². The third-order valence-corrected chi connectivity index (χ3v) is 13.5. The Labute approximate surface area is 267 Å². The standard InChI is InChI=1S/C36H57N3O4Si/c1-6-7-8-9-10-11-12-13-14-15-16-23-28-34(41)35(43-30(2)40)33(38-39-37)29-42-44(36(3,4)5,31-24-19-17-20-25-31)32-26-21-18-22-27-32/h17-22,24-27,33-35,41H,6-16,23,28-29H2,1-5H3/t33-,34-,35-/m0/s1. The molecule has 3 atom stereocenters. The number of azide groups is 1. The fraction of sp³-hybridized carbons (Fsp3) is 0.639. The molecular formula is C36H57N3O4Si. The highest BCUT2D eigenvalue weighted by Crippen LogP contribution is 2.37. The van der Waals surface area contributed by atoms with Crippen LogP contribution in [0.4, 0.5) is 0 Å². The maximum atomic E-state index is 12.1. The van der Waals surface area contributed by atoms with E-state index in [1.54, 1.807) is 0 Å². The van der Waals surface area contributed by atoms with Gasteiger partial charge in [-0.25, -0.2) is 0 Å². The summed E-state index contributed by atoms with van der Waals surface area (Å²) in [6, 6.07) is 19.5. The normalized spacial score (nSPS) is 14.0. The maximum absolute atomic E-state index is 12.1. The lowest BCUT2D eigenvalue weighted by Gasteiger charge is -2.44. The largest absolute Gasteiger partial charge is 0.459 e. The van der Waals surface area contributed by atoms with Crippen molar-refractivity contribution in [2.24, 2.45) is 5.11 Å². The predicted octanol–water partition coefficient (Wildman–Crippen LogP) is 8.63. The average molecular weight is 624 g/mol. The van der Waals surface area contributed by atoms with Crippen LogP contribution in [0.15, 0.2) is 65.8 Å². The highest BCUT2D eigenvalue weighted by Gasteiger charge is 2.50. The number of rotatable bonds is 22. The molecule has 244 valence electrons. The van der Waals surface area contributed by atoms with Gasteiger partial charge in [0, 0.05) is 18.4 Å². The summed E-state index contributed by atoms with van der Waals surface area (Å²) in [4.78, 5) is 15.2. The van der Waals surface area contributed by atoms with Crippen LogP contribution < -0.4 is 10.4 Å². The number of nitrogens with zero attached hydrogens (tertiary/aromatic N) is 3. The van der Waals surface area contributed by atoms with Crippen molar-refractivity contribution >= 4 is 24.7 Å². The molecule has 2 rings (SSSR count). The molecule has 2 aromatic rings. The quantitative estimate of drug-likeness (QED) is 0.0354. The predicted molar refractivity (Wildman–Crippen MR) is 184 cm³/mol. The van der Waals surface area contributed by atoms with E-state index in [9.17, 15) is 15.4 Å². The van der Waals surface area contributed by atoms with Crippen LogP contribution >= 0.6 is 0 Å². The van der Waals surface area contributed by atoms with Crippen LogP contribution in [0.3, 0.4) is 0 Å². The molecule has 0 spiro atoms. The molecule has 0 saturated carbocycles. The van der Waals surface area contributed by atoms with Crippen molar-refractivity contribution in [3.63, 3.8) is 0 Å². The number of hydrogen-bond donors (Lipinski definition) is 1. The zero-order valence-electron chi connectivity index (χ0n) is 27.9. The van der Waals surface area contributed by atoms with Crippen LogP contribution in [-0.4, -0.2) is 44.2 Å². The molecule has 0 aliphatic rings. The molecular weight excluding hydrogens is 566 g/mol. The van der Waals surface area contributed by atoms with Gasteiger partial charge in [-0.2, -0.15) is 0 Å². The van der Waals surface area contributed by atoms with E-state index >= 15 is 0 Å². The van der Waals surface area contributed by atoms with Gasteiger partial charge in [0.15, 0.2) is 0 Å². The first-order chi connectivity index (χ1) is 21.2. The summed E-state index contributed by atoms with van der Waals surface area (Å²) in [6.07, 6.45) is 13.2. The van der Waals surface area contributed by atoms with Gasteiger partial charge < -0.3 is 14.3 Å². The van der Waals surface area contributed by atoms with Crippen molar-refractivity contribution in [2.45, 2.75) is 141 Å². The Balaban J connectivity index is 2.09. The topological polar surface area (TPSA) is 105 Å². The van der Waals surface area contributed by atoms with Crippen LogP contribution in [0.2, 0.25) is 5.04 Å². The molecule has 0 unspecified atom stereocenters. The van der Waals surface area contributed by atoms with Crippen molar-refractivity contribution < 1.29 is 19.1 Å². The summed E-state index contributed by atoms with van der Waals surface area (Å²) in [7, 11) is -2.93. The third kappa shape index (κ3) is 12.0. The number of benzene rings is 2. The van der Waals surface area contributed by atoms with Gasteiger partial charge in [0.05, 0.1) is 12.1 Å². The number of aliphatic hydroxyl groups excluding tert-OH is 1. The Morgan fingerprint density at radius 3 is 1.70 bits per heavy atom. The molecule has 0 heterocycles. The minimum atomic E-state index is -2.93. The number of carbonyl (C=O) groups is 1. The number of ether oxygens (including phenoxy) is 1. The lowest BCUT2D eigenvalue weighted by Crippen LogP contribution is -2.67. The number of carbonyl (C=O) groups excluding carboxylic acids is 1. The fourth-order valence-electron chi connectivity index (χ4n) is 6.20. The molecule has 8 heteroatoms. The maximum Gasteiger partial charge on any atom is 0.303 e. The minimum absolute atomic E-state index is 0.0186. The highest BCUT2D eigenvalue weighted by molar-refractivity contribution is 6.99. The minimum Gasteiger partial charge on any atom is -0.459 e. The van der Waals surface area contributed by atoms with Gasteiger partial charge in [-0.1, -0.05) is 171 Å². The molecule has 44 heavy (non-hydrogen) atoms. The lowest BCUT2D eigenvalue weighted by atomic mass is 9.99. The second-order valence-electron chi connectivity index (χ2n) is 13.1. The Hall–Kier alpha value is -2.64. The van der Waals surface area contributed by atoms with Crippen LogP contribution in [0.1, 0.15) is 118 Å². The molecule has 1 N–H and O–H groups in total.